The molecule has 1 aromatic heterocycles. The molecule has 0 radical (unpaired) electrons. The molecule has 1 N–H and O–H groups in total. The summed E-state index contributed by atoms with van der Waals surface area (Å²) in [5.41, 5.74) is 1.78. The van der Waals surface area contributed by atoms with Crippen LogP contribution in [0.25, 0.3) is 0 Å². The van der Waals surface area contributed by atoms with Gasteiger partial charge in [-0.1, -0.05) is 12.8 Å². The lowest BCUT2D eigenvalue weighted by atomic mass is 9.78. The van der Waals surface area contributed by atoms with Crippen LogP contribution in [0.1, 0.15) is 60.1 Å². The predicted octanol–water partition coefficient (Wildman–Crippen LogP) is 2.95. The number of carboxylic acid groups (broad SMARTS) is 1. The lowest BCUT2D eigenvalue weighted by molar-refractivity contribution is 0.0695. The van der Waals surface area contributed by atoms with Gasteiger partial charge in [0, 0.05) is 12.6 Å². The zero-order chi connectivity index (χ0) is 15.0. The van der Waals surface area contributed by atoms with Crippen LogP contribution >= 0.6 is 0 Å². The maximum atomic E-state index is 11.7. The second kappa shape index (κ2) is 5.62. The number of hydrogen-bond acceptors (Lipinski definition) is 4. The van der Waals surface area contributed by atoms with Crippen LogP contribution in [-0.2, 0) is 0 Å². The van der Waals surface area contributed by atoms with Gasteiger partial charge in [0.25, 0.3) is 0 Å². The minimum Gasteiger partial charge on any atom is -0.478 e. The third kappa shape index (κ3) is 2.49. The lowest BCUT2D eigenvalue weighted by Crippen LogP contribution is -2.48. The Hall–Kier alpha value is -1.65. The fraction of sp³-hybridized carbons (Fsp3) is 0.688. The van der Waals surface area contributed by atoms with Crippen LogP contribution in [0.4, 0.5) is 5.82 Å². The summed E-state index contributed by atoms with van der Waals surface area (Å²) in [7, 11) is 0. The van der Waals surface area contributed by atoms with Crippen molar-refractivity contribution in [3.05, 3.63) is 16.8 Å². The second-order valence-electron chi connectivity index (χ2n) is 6.36. The van der Waals surface area contributed by atoms with Crippen molar-refractivity contribution in [2.45, 2.75) is 58.4 Å². The number of aryl methyl sites for hydroxylation is 1. The normalized spacial score (nSPS) is 25.5. The summed E-state index contributed by atoms with van der Waals surface area (Å²) in [6, 6.07) is 0.446. The fourth-order valence-corrected chi connectivity index (χ4v) is 3.94. The Morgan fingerprint density at radius 1 is 1.14 bits per heavy atom. The summed E-state index contributed by atoms with van der Waals surface area (Å²) < 4.78 is 0. The summed E-state index contributed by atoms with van der Waals surface area (Å²) in [6.45, 7) is 4.55. The monoisotopic (exact) mass is 289 g/mol. The number of aromatic carboxylic acids is 1. The van der Waals surface area contributed by atoms with Gasteiger partial charge in [-0.25, -0.2) is 4.79 Å². The van der Waals surface area contributed by atoms with Gasteiger partial charge in [-0.05, 0) is 51.0 Å². The maximum Gasteiger partial charge on any atom is 0.339 e. The molecule has 2 atom stereocenters. The van der Waals surface area contributed by atoms with E-state index in [1.165, 1.54) is 25.7 Å². The van der Waals surface area contributed by atoms with Crippen LogP contribution in [0, 0.1) is 19.8 Å². The van der Waals surface area contributed by atoms with E-state index in [1.807, 2.05) is 13.8 Å². The molecule has 0 aromatic carbocycles. The molecular weight excluding hydrogens is 266 g/mol. The molecule has 0 amide bonds. The highest BCUT2D eigenvalue weighted by Gasteiger charge is 2.36. The first-order valence-corrected chi connectivity index (χ1v) is 7.93. The first kappa shape index (κ1) is 14.3. The molecule has 21 heavy (non-hydrogen) atoms. The molecule has 1 aromatic rings. The smallest absolute Gasteiger partial charge is 0.339 e. The highest BCUT2D eigenvalue weighted by molar-refractivity contribution is 5.95. The topological polar surface area (TPSA) is 66.3 Å². The minimum atomic E-state index is -0.890. The molecular formula is C16H23N3O2. The Balaban J connectivity index is 2.02. The zero-order valence-electron chi connectivity index (χ0n) is 12.8. The van der Waals surface area contributed by atoms with E-state index in [0.717, 1.165) is 24.9 Å². The van der Waals surface area contributed by atoms with E-state index >= 15 is 0 Å². The molecule has 0 bridgehead atoms. The summed E-state index contributed by atoms with van der Waals surface area (Å²) in [5.74, 6) is 0.387. The third-order valence-corrected chi connectivity index (χ3v) is 5.17. The van der Waals surface area contributed by atoms with Gasteiger partial charge in [-0.15, -0.1) is 5.10 Å². The van der Waals surface area contributed by atoms with E-state index in [2.05, 4.69) is 15.1 Å². The molecule has 2 heterocycles. The van der Waals surface area contributed by atoms with Crippen molar-refractivity contribution in [2.75, 3.05) is 11.4 Å². The Labute approximate surface area is 125 Å². The van der Waals surface area contributed by atoms with E-state index < -0.39 is 5.97 Å². The molecule has 1 saturated carbocycles. The molecule has 2 fully saturated rings. The minimum absolute atomic E-state index is 0.341. The summed E-state index contributed by atoms with van der Waals surface area (Å²) in [5, 5.41) is 18.1. The van der Waals surface area contributed by atoms with E-state index in [-0.39, 0.29) is 0 Å². The van der Waals surface area contributed by atoms with Crippen LogP contribution in [0.5, 0.6) is 0 Å². The molecule has 5 heteroatoms. The SMILES string of the molecule is Cc1nnc(N2CCC[C@H]3CCCC[C@H]32)c(C(=O)O)c1C. The molecule has 3 rings (SSSR count). The van der Waals surface area contributed by atoms with E-state index in [4.69, 9.17) is 0 Å². The number of nitrogens with zero attached hydrogens (tertiary/aromatic N) is 3. The van der Waals surface area contributed by atoms with Crippen LogP contribution in [-0.4, -0.2) is 33.9 Å². The molecule has 0 unspecified atom stereocenters. The van der Waals surface area contributed by atoms with Crippen LogP contribution in [0.3, 0.4) is 0 Å². The van der Waals surface area contributed by atoms with Crippen LogP contribution in [0.15, 0.2) is 0 Å². The standard InChI is InChI=1S/C16H23N3O2/c1-10-11(2)17-18-15(14(10)16(20)21)19-9-5-7-12-6-3-4-8-13(12)19/h12-13H,3-9H2,1-2H3,(H,20,21)/t12-,13-/m1/s1. The number of fused-ring (bicyclic) bond motifs is 1. The van der Waals surface area contributed by atoms with E-state index in [1.54, 1.807) is 0 Å². The van der Waals surface area contributed by atoms with Crippen molar-refractivity contribution >= 4 is 11.8 Å². The molecule has 2 aliphatic rings. The van der Waals surface area contributed by atoms with Crippen molar-refractivity contribution in [1.29, 1.82) is 0 Å². The summed E-state index contributed by atoms with van der Waals surface area (Å²) >= 11 is 0. The van der Waals surface area contributed by atoms with Gasteiger partial charge in [0.15, 0.2) is 5.82 Å². The summed E-state index contributed by atoms with van der Waals surface area (Å²) in [6.07, 6.45) is 7.34. The number of rotatable bonds is 2. The molecule has 1 saturated heterocycles. The first-order chi connectivity index (χ1) is 10.1. The lowest BCUT2D eigenvalue weighted by Gasteiger charge is -2.45. The Kier molecular flexibility index (Phi) is 3.83. The largest absolute Gasteiger partial charge is 0.478 e. The highest BCUT2D eigenvalue weighted by atomic mass is 16.4. The average Bonchev–Trinajstić information content (AvgIpc) is 2.49. The molecule has 114 valence electrons. The van der Waals surface area contributed by atoms with Gasteiger partial charge in [0.2, 0.25) is 0 Å². The van der Waals surface area contributed by atoms with Gasteiger partial charge in [-0.2, -0.15) is 5.10 Å². The number of hydrogen-bond donors (Lipinski definition) is 1. The molecule has 1 aliphatic carbocycles. The Morgan fingerprint density at radius 2 is 1.86 bits per heavy atom. The molecule has 1 aliphatic heterocycles. The Morgan fingerprint density at radius 3 is 2.62 bits per heavy atom. The van der Waals surface area contributed by atoms with E-state index in [0.29, 0.717) is 29.0 Å². The van der Waals surface area contributed by atoms with Crippen molar-refractivity contribution in [2.24, 2.45) is 5.92 Å². The molecule has 5 nitrogen and oxygen atoms in total. The zero-order valence-corrected chi connectivity index (χ0v) is 12.8. The van der Waals surface area contributed by atoms with Gasteiger partial charge >= 0.3 is 5.97 Å². The van der Waals surface area contributed by atoms with Gasteiger partial charge in [0.05, 0.1) is 5.69 Å². The molecule has 0 spiro atoms. The number of aromatic nitrogens is 2. The van der Waals surface area contributed by atoms with Crippen molar-refractivity contribution in [3.63, 3.8) is 0 Å². The predicted molar refractivity (Wildman–Crippen MR) is 80.8 cm³/mol. The van der Waals surface area contributed by atoms with Crippen LogP contribution in [0.2, 0.25) is 0 Å². The van der Waals surface area contributed by atoms with Gasteiger partial charge in [0.1, 0.15) is 5.56 Å². The fourth-order valence-electron chi connectivity index (χ4n) is 3.94. The highest BCUT2D eigenvalue weighted by Crippen LogP contribution is 2.38. The quantitative estimate of drug-likeness (QED) is 0.906. The van der Waals surface area contributed by atoms with Crippen molar-refractivity contribution in [1.82, 2.24) is 10.2 Å². The Bertz CT molecular complexity index is 557. The van der Waals surface area contributed by atoms with Crippen LogP contribution < -0.4 is 4.90 Å². The third-order valence-electron chi connectivity index (χ3n) is 5.17. The van der Waals surface area contributed by atoms with Gasteiger partial charge in [-0.3, -0.25) is 0 Å². The first-order valence-electron chi connectivity index (χ1n) is 7.93. The number of carboxylic acids is 1. The van der Waals surface area contributed by atoms with Crippen molar-refractivity contribution < 1.29 is 9.90 Å². The second-order valence-corrected chi connectivity index (χ2v) is 6.36. The average molecular weight is 289 g/mol. The number of anilines is 1. The van der Waals surface area contributed by atoms with Crippen molar-refractivity contribution in [3.8, 4) is 0 Å². The summed E-state index contributed by atoms with van der Waals surface area (Å²) in [4.78, 5) is 13.9. The van der Waals surface area contributed by atoms with Gasteiger partial charge < -0.3 is 10.0 Å². The maximum absolute atomic E-state index is 11.7. The number of piperidine rings is 1. The number of carbonyl (C=O) groups is 1. The van der Waals surface area contributed by atoms with E-state index in [9.17, 15) is 9.90 Å².